The summed E-state index contributed by atoms with van der Waals surface area (Å²) in [5.74, 6) is 1.27. The molecule has 1 aliphatic heterocycles. The summed E-state index contributed by atoms with van der Waals surface area (Å²) in [6.45, 7) is 0.638. The molecule has 8 heteroatoms. The summed E-state index contributed by atoms with van der Waals surface area (Å²) in [6.07, 6.45) is -0.300. The van der Waals surface area contributed by atoms with Crippen LogP contribution >= 0.6 is 11.3 Å². The number of rotatable bonds is 7. The molecule has 1 aliphatic rings. The molecule has 0 unspecified atom stereocenters. The Labute approximate surface area is 143 Å². The van der Waals surface area contributed by atoms with Gasteiger partial charge in [-0.25, -0.2) is 4.79 Å². The lowest BCUT2D eigenvalue weighted by molar-refractivity contribution is 0.0299. The van der Waals surface area contributed by atoms with Crippen molar-refractivity contribution in [3.05, 3.63) is 40.6 Å². The van der Waals surface area contributed by atoms with Crippen molar-refractivity contribution in [2.75, 3.05) is 31.9 Å². The molecule has 0 aliphatic carbocycles. The lowest BCUT2D eigenvalue weighted by Crippen LogP contribution is -2.33. The van der Waals surface area contributed by atoms with Crippen LogP contribution in [0.25, 0.3) is 0 Å². The van der Waals surface area contributed by atoms with Gasteiger partial charge in [-0.1, -0.05) is 0 Å². The van der Waals surface area contributed by atoms with Gasteiger partial charge in [-0.15, -0.1) is 0 Å². The molecule has 0 saturated carbocycles. The molecule has 1 atom stereocenters. The largest absolute Gasteiger partial charge is 0.454 e. The quantitative estimate of drug-likeness (QED) is 0.713. The van der Waals surface area contributed by atoms with E-state index in [-0.39, 0.29) is 32.1 Å². The van der Waals surface area contributed by atoms with E-state index in [2.05, 4.69) is 10.6 Å². The highest BCUT2D eigenvalue weighted by Gasteiger charge is 2.16. The number of hydrogen-bond donors (Lipinski definition) is 3. The second kappa shape index (κ2) is 8.00. The highest BCUT2D eigenvalue weighted by atomic mass is 32.1. The fourth-order valence-corrected chi connectivity index (χ4v) is 2.96. The Hall–Kier alpha value is -2.29. The Morgan fingerprint density at radius 1 is 1.33 bits per heavy atom. The van der Waals surface area contributed by atoms with Crippen molar-refractivity contribution in [3.63, 3.8) is 0 Å². The van der Waals surface area contributed by atoms with Crippen LogP contribution in [0.5, 0.6) is 11.5 Å². The highest BCUT2D eigenvalue weighted by Crippen LogP contribution is 2.34. The first-order valence-corrected chi connectivity index (χ1v) is 8.39. The van der Waals surface area contributed by atoms with E-state index in [0.29, 0.717) is 23.7 Å². The van der Waals surface area contributed by atoms with Crippen LogP contribution in [-0.2, 0) is 4.74 Å². The van der Waals surface area contributed by atoms with E-state index in [1.807, 2.05) is 16.8 Å². The van der Waals surface area contributed by atoms with E-state index >= 15 is 0 Å². The predicted molar refractivity (Wildman–Crippen MR) is 89.7 cm³/mol. The average Bonchev–Trinajstić information content (AvgIpc) is 3.26. The molecular formula is C16H18N2O5S. The molecule has 7 nitrogen and oxygen atoms in total. The number of anilines is 1. The lowest BCUT2D eigenvalue weighted by Gasteiger charge is -2.17. The summed E-state index contributed by atoms with van der Waals surface area (Å²) < 4.78 is 16.1. The summed E-state index contributed by atoms with van der Waals surface area (Å²) >= 11 is 1.55. The summed E-state index contributed by atoms with van der Waals surface area (Å²) in [6, 6.07) is 6.79. The number of aliphatic hydroxyl groups excluding tert-OH is 1. The Morgan fingerprint density at radius 2 is 2.21 bits per heavy atom. The second-order valence-corrected chi connectivity index (χ2v) is 5.82. The van der Waals surface area contributed by atoms with Crippen LogP contribution in [-0.4, -0.2) is 37.7 Å². The monoisotopic (exact) mass is 350 g/mol. The zero-order valence-corrected chi connectivity index (χ0v) is 13.7. The average molecular weight is 350 g/mol. The van der Waals surface area contributed by atoms with Crippen molar-refractivity contribution in [1.29, 1.82) is 0 Å². The highest BCUT2D eigenvalue weighted by molar-refractivity contribution is 7.07. The molecule has 2 amide bonds. The molecule has 1 aromatic heterocycles. The molecule has 2 heterocycles. The smallest absolute Gasteiger partial charge is 0.319 e. The number of hydrogen-bond acceptors (Lipinski definition) is 6. The summed E-state index contributed by atoms with van der Waals surface area (Å²) in [7, 11) is 0. The van der Waals surface area contributed by atoms with Crippen molar-refractivity contribution in [1.82, 2.24) is 5.32 Å². The topological polar surface area (TPSA) is 89.1 Å². The van der Waals surface area contributed by atoms with Crippen LogP contribution in [0.15, 0.2) is 35.0 Å². The van der Waals surface area contributed by atoms with Gasteiger partial charge < -0.3 is 30.0 Å². The second-order valence-electron chi connectivity index (χ2n) is 5.04. The molecule has 0 fully saturated rings. The zero-order valence-electron chi connectivity index (χ0n) is 12.9. The molecule has 0 radical (unpaired) electrons. The van der Waals surface area contributed by atoms with Gasteiger partial charge >= 0.3 is 6.03 Å². The molecule has 1 aromatic carbocycles. The third kappa shape index (κ3) is 4.16. The third-order valence-corrected chi connectivity index (χ3v) is 4.11. The van der Waals surface area contributed by atoms with E-state index < -0.39 is 0 Å². The maximum absolute atomic E-state index is 12.1. The standard InChI is InChI=1S/C16H18N2O5S/c19-4-5-21-15(11-3-6-24-9-11)8-17-16(20)18-12-1-2-13-14(7-12)23-10-22-13/h1-3,6-7,9,15,19H,4-5,8,10H2,(H2,17,18,20)/t15-/m1/s1. The van der Waals surface area contributed by atoms with Gasteiger partial charge in [0.2, 0.25) is 6.79 Å². The van der Waals surface area contributed by atoms with E-state index in [4.69, 9.17) is 19.3 Å². The minimum Gasteiger partial charge on any atom is -0.454 e. The molecule has 24 heavy (non-hydrogen) atoms. The van der Waals surface area contributed by atoms with Gasteiger partial charge in [-0.05, 0) is 34.5 Å². The van der Waals surface area contributed by atoms with Crippen molar-refractivity contribution < 1.29 is 24.1 Å². The summed E-state index contributed by atoms with van der Waals surface area (Å²) in [5, 5.41) is 18.3. The first kappa shape index (κ1) is 16.6. The molecule has 0 saturated heterocycles. The number of urea groups is 1. The van der Waals surface area contributed by atoms with Crippen LogP contribution in [0.4, 0.5) is 10.5 Å². The number of amides is 2. The van der Waals surface area contributed by atoms with Crippen molar-refractivity contribution in [3.8, 4) is 11.5 Å². The lowest BCUT2D eigenvalue weighted by atomic mass is 10.2. The molecule has 2 aromatic rings. The molecule has 128 valence electrons. The van der Waals surface area contributed by atoms with Gasteiger partial charge in [-0.2, -0.15) is 11.3 Å². The number of carbonyl (C=O) groups excluding carboxylic acids is 1. The minimum atomic E-state index is -0.346. The molecule has 0 spiro atoms. The maximum atomic E-state index is 12.1. The van der Waals surface area contributed by atoms with Gasteiger partial charge in [0.1, 0.15) is 6.10 Å². The van der Waals surface area contributed by atoms with Crippen molar-refractivity contribution in [2.24, 2.45) is 0 Å². The molecular weight excluding hydrogens is 332 g/mol. The minimum absolute atomic E-state index is 0.0654. The fraction of sp³-hybridized carbons (Fsp3) is 0.312. The number of fused-ring (bicyclic) bond motifs is 1. The number of aliphatic hydroxyl groups is 1. The number of nitrogens with one attached hydrogen (secondary N) is 2. The normalized spacial score (nSPS) is 13.5. The van der Waals surface area contributed by atoms with Crippen LogP contribution in [0.3, 0.4) is 0 Å². The molecule has 0 bridgehead atoms. The van der Waals surface area contributed by atoms with Crippen LogP contribution in [0.2, 0.25) is 0 Å². The maximum Gasteiger partial charge on any atom is 0.319 e. The predicted octanol–water partition coefficient (Wildman–Crippen LogP) is 2.35. The summed E-state index contributed by atoms with van der Waals surface area (Å²) in [5.41, 5.74) is 1.58. The number of ether oxygens (including phenoxy) is 3. The molecule has 3 rings (SSSR count). The van der Waals surface area contributed by atoms with Crippen LogP contribution < -0.4 is 20.1 Å². The first-order chi connectivity index (χ1) is 11.8. The van der Waals surface area contributed by atoms with Crippen LogP contribution in [0, 0.1) is 0 Å². The first-order valence-electron chi connectivity index (χ1n) is 7.45. The van der Waals surface area contributed by atoms with Crippen LogP contribution in [0.1, 0.15) is 11.7 Å². The van der Waals surface area contributed by atoms with E-state index in [1.54, 1.807) is 29.5 Å². The van der Waals surface area contributed by atoms with E-state index in [1.165, 1.54) is 0 Å². The zero-order chi connectivity index (χ0) is 16.8. The SMILES string of the molecule is O=C(NC[C@@H](OCCO)c1ccsc1)Nc1ccc2c(c1)OCO2. The fourth-order valence-electron chi connectivity index (χ4n) is 2.26. The Bertz CT molecular complexity index is 677. The summed E-state index contributed by atoms with van der Waals surface area (Å²) in [4.78, 5) is 12.1. The number of carbonyl (C=O) groups is 1. The Balaban J connectivity index is 1.53. The number of benzene rings is 1. The van der Waals surface area contributed by atoms with Gasteiger partial charge in [-0.3, -0.25) is 0 Å². The Kier molecular flexibility index (Phi) is 5.52. The number of thiophene rings is 1. The van der Waals surface area contributed by atoms with E-state index in [0.717, 1.165) is 5.56 Å². The Morgan fingerprint density at radius 3 is 3.00 bits per heavy atom. The van der Waals surface area contributed by atoms with Crippen molar-refractivity contribution >= 4 is 23.1 Å². The van der Waals surface area contributed by atoms with Gasteiger partial charge in [0.25, 0.3) is 0 Å². The third-order valence-electron chi connectivity index (χ3n) is 3.40. The van der Waals surface area contributed by atoms with Gasteiger partial charge in [0, 0.05) is 18.3 Å². The van der Waals surface area contributed by atoms with Gasteiger partial charge in [0.15, 0.2) is 11.5 Å². The van der Waals surface area contributed by atoms with Gasteiger partial charge in [0.05, 0.1) is 13.2 Å². The van der Waals surface area contributed by atoms with Crippen molar-refractivity contribution in [2.45, 2.75) is 6.10 Å². The molecule has 3 N–H and O–H groups in total. The van der Waals surface area contributed by atoms with E-state index in [9.17, 15) is 4.79 Å².